The molecule has 0 bridgehead atoms. The molecule has 2 atom stereocenters. The minimum Gasteiger partial charge on any atom is -0.368 e. The zero-order chi connectivity index (χ0) is 11.0. The first kappa shape index (κ1) is 13.4. The first-order chi connectivity index (χ1) is 6.61. The number of primary amides is 1. The Morgan fingerprint density at radius 1 is 1.43 bits per heavy atom. The van der Waals surface area contributed by atoms with Gasteiger partial charge in [-0.1, -0.05) is 13.3 Å². The fraction of sp³-hybridized carbons (Fsp3) is 0.889. The molecule has 0 aromatic rings. The molecule has 0 aliphatic rings. The summed E-state index contributed by atoms with van der Waals surface area (Å²) in [6.45, 7) is 2.60. The van der Waals surface area contributed by atoms with Crippen molar-refractivity contribution >= 4 is 5.91 Å². The van der Waals surface area contributed by atoms with Crippen molar-refractivity contribution in [3.8, 4) is 0 Å². The Kier molecular flexibility index (Phi) is 7.37. The molecule has 0 radical (unpaired) electrons. The van der Waals surface area contributed by atoms with Crippen molar-refractivity contribution in [2.45, 2.75) is 44.8 Å². The molecule has 0 aliphatic carbocycles. The number of carbonyl (C=O) groups excluding carboxylic acids is 1. The highest BCUT2D eigenvalue weighted by Crippen LogP contribution is 2.00. The molecule has 0 saturated carbocycles. The standard InChI is InChI=1S/C9H22N4O/c1-2-8(11)13-7(9(12)14)5-3-4-6-10/h7-8,13H,2-6,10-11H2,1H3,(H2,12,14). The lowest BCUT2D eigenvalue weighted by Crippen LogP contribution is -2.49. The lowest BCUT2D eigenvalue weighted by atomic mass is 10.1. The smallest absolute Gasteiger partial charge is 0.234 e. The Hall–Kier alpha value is -0.650. The molecular formula is C9H22N4O. The van der Waals surface area contributed by atoms with Crippen LogP contribution in [0.15, 0.2) is 0 Å². The third-order valence-electron chi connectivity index (χ3n) is 2.15. The fourth-order valence-corrected chi connectivity index (χ4v) is 1.18. The van der Waals surface area contributed by atoms with Crippen LogP contribution in [0, 0.1) is 0 Å². The van der Waals surface area contributed by atoms with Crippen LogP contribution in [-0.2, 0) is 4.79 Å². The number of hydrogen-bond acceptors (Lipinski definition) is 4. The molecule has 84 valence electrons. The second-order valence-electron chi connectivity index (χ2n) is 3.42. The average molecular weight is 202 g/mol. The maximum Gasteiger partial charge on any atom is 0.234 e. The van der Waals surface area contributed by atoms with Gasteiger partial charge < -0.3 is 17.2 Å². The van der Waals surface area contributed by atoms with Gasteiger partial charge in [0.25, 0.3) is 0 Å². The van der Waals surface area contributed by atoms with E-state index in [-0.39, 0.29) is 18.1 Å². The van der Waals surface area contributed by atoms with Gasteiger partial charge in [-0.05, 0) is 25.8 Å². The molecule has 0 aliphatic heterocycles. The summed E-state index contributed by atoms with van der Waals surface area (Å²) in [6, 6.07) is -0.323. The Labute approximate surface area is 85.4 Å². The van der Waals surface area contributed by atoms with Gasteiger partial charge in [-0.25, -0.2) is 0 Å². The predicted molar refractivity (Wildman–Crippen MR) is 57.3 cm³/mol. The Bertz CT molecular complexity index is 163. The number of unbranched alkanes of at least 4 members (excludes halogenated alkanes) is 1. The highest BCUT2D eigenvalue weighted by atomic mass is 16.1. The highest BCUT2D eigenvalue weighted by molar-refractivity contribution is 5.79. The molecule has 0 fully saturated rings. The quantitative estimate of drug-likeness (QED) is 0.307. The van der Waals surface area contributed by atoms with Crippen molar-refractivity contribution in [1.82, 2.24) is 5.32 Å². The first-order valence-corrected chi connectivity index (χ1v) is 5.12. The second kappa shape index (κ2) is 7.73. The summed E-state index contributed by atoms with van der Waals surface area (Å²) in [7, 11) is 0. The van der Waals surface area contributed by atoms with Crippen molar-refractivity contribution in [3.63, 3.8) is 0 Å². The molecule has 14 heavy (non-hydrogen) atoms. The van der Waals surface area contributed by atoms with Gasteiger partial charge in [0.2, 0.25) is 5.91 Å². The largest absolute Gasteiger partial charge is 0.368 e. The molecule has 0 saturated heterocycles. The molecule has 0 spiro atoms. The Balaban J connectivity index is 3.84. The first-order valence-electron chi connectivity index (χ1n) is 5.12. The van der Waals surface area contributed by atoms with Crippen LogP contribution in [-0.4, -0.2) is 24.7 Å². The molecule has 5 heteroatoms. The van der Waals surface area contributed by atoms with Crippen LogP contribution in [0.2, 0.25) is 0 Å². The Morgan fingerprint density at radius 3 is 2.50 bits per heavy atom. The van der Waals surface area contributed by atoms with Gasteiger partial charge in [-0.2, -0.15) is 0 Å². The molecule has 0 aromatic carbocycles. The van der Waals surface area contributed by atoms with E-state index in [1.807, 2.05) is 6.92 Å². The van der Waals surface area contributed by atoms with E-state index in [1.165, 1.54) is 0 Å². The number of hydrogen-bond donors (Lipinski definition) is 4. The fourth-order valence-electron chi connectivity index (χ4n) is 1.18. The summed E-state index contributed by atoms with van der Waals surface area (Å²) < 4.78 is 0. The number of nitrogens with two attached hydrogens (primary N) is 3. The zero-order valence-electron chi connectivity index (χ0n) is 8.83. The topological polar surface area (TPSA) is 107 Å². The van der Waals surface area contributed by atoms with Crippen molar-refractivity contribution in [3.05, 3.63) is 0 Å². The van der Waals surface area contributed by atoms with Gasteiger partial charge in [-0.15, -0.1) is 0 Å². The maximum atomic E-state index is 11.0. The van der Waals surface area contributed by atoms with E-state index < -0.39 is 0 Å². The van der Waals surface area contributed by atoms with Gasteiger partial charge >= 0.3 is 0 Å². The van der Waals surface area contributed by atoms with Crippen LogP contribution in [0.5, 0.6) is 0 Å². The van der Waals surface area contributed by atoms with Crippen LogP contribution in [0.3, 0.4) is 0 Å². The van der Waals surface area contributed by atoms with Gasteiger partial charge in [0.15, 0.2) is 0 Å². The lowest BCUT2D eigenvalue weighted by molar-refractivity contribution is -0.120. The van der Waals surface area contributed by atoms with E-state index in [1.54, 1.807) is 0 Å². The third kappa shape index (κ3) is 5.90. The van der Waals surface area contributed by atoms with Crippen LogP contribution in [0.25, 0.3) is 0 Å². The number of nitrogens with one attached hydrogen (secondary N) is 1. The summed E-state index contributed by atoms with van der Waals surface area (Å²) >= 11 is 0. The summed E-state index contributed by atoms with van der Waals surface area (Å²) in [5.41, 5.74) is 16.3. The molecule has 0 heterocycles. The van der Waals surface area contributed by atoms with E-state index >= 15 is 0 Å². The van der Waals surface area contributed by atoms with Crippen molar-refractivity contribution < 1.29 is 4.79 Å². The summed E-state index contributed by atoms with van der Waals surface area (Å²) in [6.07, 6.45) is 3.13. The van der Waals surface area contributed by atoms with Crippen LogP contribution < -0.4 is 22.5 Å². The van der Waals surface area contributed by atoms with E-state index in [4.69, 9.17) is 17.2 Å². The summed E-state index contributed by atoms with van der Waals surface area (Å²) in [5.74, 6) is -0.342. The van der Waals surface area contributed by atoms with E-state index in [0.717, 1.165) is 19.3 Å². The van der Waals surface area contributed by atoms with Gasteiger partial charge in [0.1, 0.15) is 0 Å². The molecule has 1 amide bonds. The average Bonchev–Trinajstić information content (AvgIpc) is 2.16. The third-order valence-corrected chi connectivity index (χ3v) is 2.15. The molecular weight excluding hydrogens is 180 g/mol. The molecule has 5 nitrogen and oxygen atoms in total. The van der Waals surface area contributed by atoms with Crippen molar-refractivity contribution in [1.29, 1.82) is 0 Å². The normalized spacial score (nSPS) is 15.1. The minimum absolute atomic E-state index is 0.162. The second-order valence-corrected chi connectivity index (χ2v) is 3.42. The van der Waals surface area contributed by atoms with Crippen molar-refractivity contribution in [2.24, 2.45) is 17.2 Å². The molecule has 2 unspecified atom stereocenters. The van der Waals surface area contributed by atoms with Crippen LogP contribution in [0.4, 0.5) is 0 Å². The zero-order valence-corrected chi connectivity index (χ0v) is 8.83. The van der Waals surface area contributed by atoms with E-state index in [0.29, 0.717) is 13.0 Å². The molecule has 0 rings (SSSR count). The Morgan fingerprint density at radius 2 is 2.07 bits per heavy atom. The number of carbonyl (C=O) groups is 1. The molecule has 0 aromatic heterocycles. The van der Waals surface area contributed by atoms with Gasteiger partial charge in [-0.3, -0.25) is 10.1 Å². The number of rotatable bonds is 8. The van der Waals surface area contributed by atoms with Crippen LogP contribution in [0.1, 0.15) is 32.6 Å². The maximum absolute atomic E-state index is 11.0. The van der Waals surface area contributed by atoms with Crippen LogP contribution >= 0.6 is 0 Å². The summed E-state index contributed by atoms with van der Waals surface area (Å²) in [5, 5.41) is 2.99. The minimum atomic E-state index is -0.342. The monoisotopic (exact) mass is 202 g/mol. The number of amides is 1. The van der Waals surface area contributed by atoms with Gasteiger partial charge in [0.05, 0.1) is 12.2 Å². The predicted octanol–water partition coefficient (Wildman–Crippen LogP) is -0.746. The molecule has 7 N–H and O–H groups in total. The van der Waals surface area contributed by atoms with Crippen molar-refractivity contribution in [2.75, 3.05) is 6.54 Å². The highest BCUT2D eigenvalue weighted by Gasteiger charge is 2.16. The van der Waals surface area contributed by atoms with E-state index in [9.17, 15) is 4.79 Å². The summed E-state index contributed by atoms with van der Waals surface area (Å²) in [4.78, 5) is 11.0. The van der Waals surface area contributed by atoms with E-state index in [2.05, 4.69) is 5.32 Å². The lowest BCUT2D eigenvalue weighted by Gasteiger charge is -2.19. The SMILES string of the molecule is CCC(N)NC(CCCCN)C(N)=O. The van der Waals surface area contributed by atoms with Gasteiger partial charge in [0, 0.05) is 0 Å².